The molecule has 59 heavy (non-hydrogen) atoms. The van der Waals surface area contributed by atoms with E-state index in [0.717, 1.165) is 51.4 Å². The first-order valence-electron chi connectivity index (χ1n) is 25.4. The van der Waals surface area contributed by atoms with E-state index in [1.807, 2.05) is 0 Å². The molecule has 8 nitrogen and oxygen atoms in total. The molecule has 0 saturated carbocycles. The van der Waals surface area contributed by atoms with E-state index >= 15 is 0 Å². The molecule has 360 valence electrons. The molecule has 11 heteroatoms. The molecule has 0 unspecified atom stereocenters. The molecule has 0 radical (unpaired) electrons. The van der Waals surface area contributed by atoms with Gasteiger partial charge in [-0.2, -0.15) is 0 Å². The first-order chi connectivity index (χ1) is 28.2. The van der Waals surface area contributed by atoms with Gasteiger partial charge in [0.2, 0.25) is 0 Å². The third-order valence-electron chi connectivity index (χ3n) is 11.0. The summed E-state index contributed by atoms with van der Waals surface area (Å²) >= 11 is 0. The molecule has 0 amide bonds. The zero-order chi connectivity index (χ0) is 42.9. The van der Waals surface area contributed by atoms with E-state index in [1.165, 1.54) is 205 Å². The average molecular weight is 926 g/mol. The van der Waals surface area contributed by atoms with E-state index < -0.39 is 15.6 Å². The van der Waals surface area contributed by atoms with Crippen LogP contribution in [0.25, 0.3) is 0 Å². The van der Waals surface area contributed by atoms with Crippen LogP contribution in [0.15, 0.2) is 0 Å². The standard InChI is InChI=1S/2C24H51O4P.Ni/c2*1-3-5-7-9-11-13-15-17-19-21-23-27-29(25,26)28-24-22-20-18-16-14-12-10-8-6-4-2;/h2*3-24H2,1-2H3,(H,25,26);/q;;+2/p-2. The number of hydrogen-bond acceptors (Lipinski definition) is 8. The van der Waals surface area contributed by atoms with E-state index in [9.17, 15) is 18.9 Å². The predicted octanol–water partition coefficient (Wildman–Crippen LogP) is 16.7. The maximum atomic E-state index is 11.7. The quantitative estimate of drug-likeness (QED) is 0.0336. The first-order valence-corrected chi connectivity index (χ1v) is 28.4. The van der Waals surface area contributed by atoms with Crippen LogP contribution >= 0.6 is 15.6 Å². The van der Waals surface area contributed by atoms with Crippen LogP contribution in [-0.4, -0.2) is 26.4 Å². The van der Waals surface area contributed by atoms with Gasteiger partial charge < -0.3 is 27.9 Å². The van der Waals surface area contributed by atoms with Gasteiger partial charge in [-0.3, -0.25) is 9.13 Å². The molecule has 0 rings (SSSR count). The number of phosphoric ester groups is 2. The van der Waals surface area contributed by atoms with E-state index in [-0.39, 0.29) is 42.9 Å². The van der Waals surface area contributed by atoms with Crippen LogP contribution in [0.1, 0.15) is 285 Å². The topological polar surface area (TPSA) is 117 Å². The van der Waals surface area contributed by atoms with Crippen molar-refractivity contribution in [1.29, 1.82) is 0 Å². The van der Waals surface area contributed by atoms with Crippen LogP contribution < -0.4 is 9.79 Å². The van der Waals surface area contributed by atoms with Crippen LogP contribution in [0.5, 0.6) is 0 Å². The second-order valence-corrected chi connectivity index (χ2v) is 19.8. The van der Waals surface area contributed by atoms with Gasteiger partial charge in [0.05, 0.1) is 26.4 Å². The molecule has 0 aliphatic heterocycles. The smallest absolute Gasteiger partial charge is 0.756 e. The zero-order valence-electron chi connectivity index (χ0n) is 39.6. The molecule has 0 aliphatic carbocycles. The van der Waals surface area contributed by atoms with Crippen molar-refractivity contribution in [2.75, 3.05) is 26.4 Å². The number of rotatable bonds is 48. The van der Waals surface area contributed by atoms with Gasteiger partial charge in [-0.25, -0.2) is 0 Å². The summed E-state index contributed by atoms with van der Waals surface area (Å²) in [6.45, 7) is 10.0. The van der Waals surface area contributed by atoms with Crippen molar-refractivity contribution >= 4 is 15.6 Å². The van der Waals surface area contributed by atoms with E-state index in [2.05, 4.69) is 27.7 Å². The summed E-state index contributed by atoms with van der Waals surface area (Å²) in [6.07, 6.45) is 49.0. The predicted molar refractivity (Wildman–Crippen MR) is 246 cm³/mol. The average Bonchev–Trinajstić information content (AvgIpc) is 3.20. The van der Waals surface area contributed by atoms with Gasteiger partial charge >= 0.3 is 16.5 Å². The van der Waals surface area contributed by atoms with E-state index in [0.29, 0.717) is 0 Å². The molecule has 0 aromatic rings. The molecule has 0 aromatic heterocycles. The van der Waals surface area contributed by atoms with Crippen molar-refractivity contribution in [2.24, 2.45) is 0 Å². The van der Waals surface area contributed by atoms with Crippen LogP contribution in [0.3, 0.4) is 0 Å². The third-order valence-corrected chi connectivity index (χ3v) is 13.0. The van der Waals surface area contributed by atoms with Gasteiger partial charge in [0.15, 0.2) is 0 Å². The van der Waals surface area contributed by atoms with Crippen LogP contribution in [0.2, 0.25) is 0 Å². The summed E-state index contributed by atoms with van der Waals surface area (Å²) in [6, 6.07) is 0. The van der Waals surface area contributed by atoms with Gasteiger partial charge in [0, 0.05) is 0 Å². The van der Waals surface area contributed by atoms with Crippen molar-refractivity contribution in [1.82, 2.24) is 0 Å². The SMILES string of the molecule is CCCCCCCCCCCCOP(=O)([O-])OCCCCCCCCCCCC.CCCCCCCCCCCCOP(=O)([O-])OCCCCCCCCCCCC.[Ni+2]. The molecule has 0 saturated heterocycles. The Balaban J connectivity index is -0.00000105. The second kappa shape index (κ2) is 53.1. The number of hydrogen-bond donors (Lipinski definition) is 0. The van der Waals surface area contributed by atoms with Gasteiger partial charge in [-0.15, -0.1) is 0 Å². The molecular formula is C48H100NiO8P2. The van der Waals surface area contributed by atoms with Crippen molar-refractivity contribution in [3.05, 3.63) is 0 Å². The van der Waals surface area contributed by atoms with Gasteiger partial charge in [0.1, 0.15) is 0 Å². The van der Waals surface area contributed by atoms with E-state index in [4.69, 9.17) is 18.1 Å². The second-order valence-electron chi connectivity index (χ2n) is 17.0. The molecular weight excluding hydrogens is 825 g/mol. The Labute approximate surface area is 378 Å². The summed E-state index contributed by atoms with van der Waals surface area (Å²) < 4.78 is 43.4. The minimum Gasteiger partial charge on any atom is -0.756 e. The summed E-state index contributed by atoms with van der Waals surface area (Å²) in [4.78, 5) is 23.5. The summed E-state index contributed by atoms with van der Waals surface area (Å²) in [7, 11) is -8.19. The minimum absolute atomic E-state index is 0. The molecule has 0 N–H and O–H groups in total. The monoisotopic (exact) mass is 925 g/mol. The Morgan fingerprint density at radius 3 is 0.508 bits per heavy atom. The van der Waals surface area contributed by atoms with Crippen molar-refractivity contribution in [3.63, 3.8) is 0 Å². The molecule has 0 atom stereocenters. The maximum absolute atomic E-state index is 11.7. The fourth-order valence-corrected chi connectivity index (χ4v) is 8.70. The van der Waals surface area contributed by atoms with Crippen LogP contribution in [-0.2, 0) is 43.7 Å². The van der Waals surface area contributed by atoms with Crippen LogP contribution in [0.4, 0.5) is 0 Å². The van der Waals surface area contributed by atoms with E-state index in [1.54, 1.807) is 0 Å². The number of phosphoric acid groups is 2. The first kappa shape index (κ1) is 64.0. The van der Waals surface area contributed by atoms with Crippen molar-refractivity contribution < 1.29 is 53.5 Å². The normalized spacial score (nSPS) is 11.8. The van der Waals surface area contributed by atoms with Crippen molar-refractivity contribution in [2.45, 2.75) is 285 Å². The summed E-state index contributed by atoms with van der Waals surface area (Å²) in [5, 5.41) is 0. The molecule has 0 aliphatic rings. The molecule has 0 heterocycles. The fourth-order valence-electron chi connectivity index (χ4n) is 7.14. The zero-order valence-corrected chi connectivity index (χ0v) is 42.4. The molecule has 0 spiro atoms. The summed E-state index contributed by atoms with van der Waals surface area (Å²) in [5.74, 6) is 0. The molecule has 0 fully saturated rings. The van der Waals surface area contributed by atoms with Gasteiger partial charge in [0.25, 0.3) is 15.6 Å². The third kappa shape index (κ3) is 58.7. The fraction of sp³-hybridized carbons (Fsp3) is 1.00. The maximum Gasteiger partial charge on any atom is 2.00 e. The summed E-state index contributed by atoms with van der Waals surface area (Å²) in [5.41, 5.74) is 0. The Morgan fingerprint density at radius 1 is 0.254 bits per heavy atom. The molecule has 0 aromatic carbocycles. The largest absolute Gasteiger partial charge is 2.00 e. The number of unbranched alkanes of at least 4 members (excludes halogenated alkanes) is 36. The Morgan fingerprint density at radius 2 is 0.373 bits per heavy atom. The Hall–Kier alpha value is 0.714. The Bertz CT molecular complexity index is 741. The minimum atomic E-state index is -4.10. The van der Waals surface area contributed by atoms with Gasteiger partial charge in [-0.05, 0) is 25.7 Å². The van der Waals surface area contributed by atoms with Gasteiger partial charge in [-0.1, -0.05) is 259 Å². The molecule has 0 bridgehead atoms. The van der Waals surface area contributed by atoms with Crippen LogP contribution in [0, 0.1) is 0 Å². The van der Waals surface area contributed by atoms with Crippen molar-refractivity contribution in [3.8, 4) is 0 Å². The Kier molecular flexibility index (Phi) is 57.6.